The van der Waals surface area contributed by atoms with Crippen molar-refractivity contribution in [2.45, 2.75) is 18.4 Å². The third kappa shape index (κ3) is 5.62. The number of nitrogens with one attached hydrogen (secondary N) is 1. The third-order valence-corrected chi connectivity index (χ3v) is 7.92. The van der Waals surface area contributed by atoms with Gasteiger partial charge in [0, 0.05) is 49.0 Å². The summed E-state index contributed by atoms with van der Waals surface area (Å²) in [6.45, 7) is 4.83. The topological polar surface area (TPSA) is 69.7 Å². The maximum atomic E-state index is 12.8. The normalized spacial score (nSPS) is 15.3. The van der Waals surface area contributed by atoms with Gasteiger partial charge in [0.25, 0.3) is 5.91 Å². The summed E-state index contributed by atoms with van der Waals surface area (Å²) in [7, 11) is -3.45. The van der Waals surface area contributed by atoms with Crippen molar-refractivity contribution >= 4 is 33.2 Å². The van der Waals surface area contributed by atoms with E-state index in [1.54, 1.807) is 40.7 Å². The lowest BCUT2D eigenvalue weighted by Crippen LogP contribution is -2.48. The van der Waals surface area contributed by atoms with E-state index in [1.807, 2.05) is 43.3 Å². The van der Waals surface area contributed by atoms with Gasteiger partial charge in [0.1, 0.15) is 0 Å². The van der Waals surface area contributed by atoms with E-state index in [0.717, 1.165) is 16.8 Å². The van der Waals surface area contributed by atoms with Crippen LogP contribution in [0.3, 0.4) is 0 Å². The van der Waals surface area contributed by atoms with Gasteiger partial charge in [-0.15, -0.1) is 0 Å². The molecule has 3 aromatic rings. The minimum Gasteiger partial charge on any atom is -0.322 e. The first kappa shape index (κ1) is 23.4. The highest BCUT2D eigenvalue weighted by molar-refractivity contribution is 7.89. The average molecular weight is 484 g/mol. The van der Waals surface area contributed by atoms with Gasteiger partial charge in [0.15, 0.2) is 0 Å². The van der Waals surface area contributed by atoms with E-state index in [2.05, 4.69) is 10.2 Å². The van der Waals surface area contributed by atoms with E-state index in [-0.39, 0.29) is 5.91 Å². The van der Waals surface area contributed by atoms with Crippen LogP contribution in [0.5, 0.6) is 0 Å². The molecular formula is C25H26ClN3O3S. The lowest BCUT2D eigenvalue weighted by atomic mass is 10.1. The lowest BCUT2D eigenvalue weighted by Gasteiger charge is -2.34. The summed E-state index contributed by atoms with van der Waals surface area (Å²) in [5.74, 6) is -0.174. The van der Waals surface area contributed by atoms with Gasteiger partial charge < -0.3 is 5.32 Å². The average Bonchev–Trinajstić information content (AvgIpc) is 2.82. The van der Waals surface area contributed by atoms with Crippen molar-refractivity contribution in [1.29, 1.82) is 0 Å². The molecule has 1 N–H and O–H groups in total. The smallest absolute Gasteiger partial charge is 0.255 e. The summed E-state index contributed by atoms with van der Waals surface area (Å²) in [5.41, 5.74) is 3.29. The van der Waals surface area contributed by atoms with Crippen LogP contribution in [0.25, 0.3) is 0 Å². The second kappa shape index (κ2) is 10.1. The first-order valence-corrected chi connectivity index (χ1v) is 12.6. The Bertz CT molecular complexity index is 1220. The van der Waals surface area contributed by atoms with Crippen LogP contribution in [-0.4, -0.2) is 49.7 Å². The van der Waals surface area contributed by atoms with Crippen molar-refractivity contribution in [2.75, 3.05) is 31.5 Å². The first-order chi connectivity index (χ1) is 15.8. The van der Waals surface area contributed by atoms with Crippen molar-refractivity contribution in [3.05, 3.63) is 94.5 Å². The maximum absolute atomic E-state index is 12.8. The zero-order valence-corrected chi connectivity index (χ0v) is 19.9. The number of nitrogens with zero attached hydrogens (tertiary/aromatic N) is 2. The van der Waals surface area contributed by atoms with Crippen molar-refractivity contribution in [3.63, 3.8) is 0 Å². The predicted octanol–water partition coefficient (Wildman–Crippen LogP) is 4.41. The van der Waals surface area contributed by atoms with Gasteiger partial charge >= 0.3 is 0 Å². The third-order valence-electron chi connectivity index (χ3n) is 5.77. The molecule has 1 heterocycles. The number of sulfonamides is 1. The molecule has 172 valence electrons. The number of rotatable bonds is 6. The molecule has 1 amide bonds. The van der Waals surface area contributed by atoms with E-state index in [1.165, 1.54) is 0 Å². The van der Waals surface area contributed by atoms with Crippen LogP contribution in [0.1, 0.15) is 21.5 Å². The van der Waals surface area contributed by atoms with Gasteiger partial charge in [0.2, 0.25) is 10.0 Å². The van der Waals surface area contributed by atoms with Crippen LogP contribution in [0.2, 0.25) is 5.02 Å². The molecule has 6 nitrogen and oxygen atoms in total. The molecule has 0 atom stereocenters. The van der Waals surface area contributed by atoms with Crippen LogP contribution in [0.4, 0.5) is 5.69 Å². The number of amides is 1. The Morgan fingerprint density at radius 1 is 0.939 bits per heavy atom. The Hall–Kier alpha value is -2.71. The van der Waals surface area contributed by atoms with E-state index < -0.39 is 10.0 Å². The summed E-state index contributed by atoms with van der Waals surface area (Å²) >= 11 is 5.98. The summed E-state index contributed by atoms with van der Waals surface area (Å²) in [4.78, 5) is 15.1. The monoisotopic (exact) mass is 483 g/mol. The molecular weight excluding hydrogens is 458 g/mol. The fraction of sp³-hybridized carbons (Fsp3) is 0.240. The van der Waals surface area contributed by atoms with Crippen LogP contribution in [-0.2, 0) is 16.6 Å². The molecule has 1 fully saturated rings. The highest BCUT2D eigenvalue weighted by Crippen LogP contribution is 2.21. The predicted molar refractivity (Wildman–Crippen MR) is 131 cm³/mol. The van der Waals surface area contributed by atoms with Crippen molar-refractivity contribution in [2.24, 2.45) is 0 Å². The number of aryl methyl sites for hydroxylation is 1. The number of carbonyl (C=O) groups is 1. The molecule has 0 bridgehead atoms. The minimum absolute atomic E-state index is 0.174. The Kier molecular flexibility index (Phi) is 7.14. The fourth-order valence-corrected chi connectivity index (χ4v) is 5.52. The molecule has 3 aromatic carbocycles. The van der Waals surface area contributed by atoms with Crippen molar-refractivity contribution in [3.8, 4) is 0 Å². The second-order valence-corrected chi connectivity index (χ2v) is 10.5. The zero-order chi connectivity index (χ0) is 23.4. The molecule has 0 spiro atoms. The molecule has 1 aliphatic heterocycles. The number of carbonyl (C=O) groups excluding carboxylic acids is 1. The summed E-state index contributed by atoms with van der Waals surface area (Å²) in [6.07, 6.45) is 0. The Labute approximate surface area is 199 Å². The SMILES string of the molecule is Cc1cc(Cl)ccc1NC(=O)c1ccc(CN2CCN(S(=O)(=O)c3ccccc3)CC2)cc1. The summed E-state index contributed by atoms with van der Waals surface area (Å²) in [6, 6.07) is 21.4. The summed E-state index contributed by atoms with van der Waals surface area (Å²) in [5, 5.41) is 3.55. The van der Waals surface area contributed by atoms with Crippen LogP contribution < -0.4 is 5.32 Å². The molecule has 8 heteroatoms. The Balaban J connectivity index is 1.32. The van der Waals surface area contributed by atoms with Gasteiger partial charge in [-0.2, -0.15) is 4.31 Å². The second-order valence-electron chi connectivity index (χ2n) is 8.10. The summed E-state index contributed by atoms with van der Waals surface area (Å²) < 4.78 is 27.1. The quantitative estimate of drug-likeness (QED) is 0.564. The minimum atomic E-state index is -3.45. The highest BCUT2D eigenvalue weighted by atomic mass is 35.5. The van der Waals surface area contributed by atoms with Gasteiger partial charge in [-0.05, 0) is 60.5 Å². The number of hydrogen-bond donors (Lipinski definition) is 1. The number of hydrogen-bond acceptors (Lipinski definition) is 4. The molecule has 33 heavy (non-hydrogen) atoms. The molecule has 0 saturated carbocycles. The zero-order valence-electron chi connectivity index (χ0n) is 18.4. The molecule has 0 aromatic heterocycles. The molecule has 1 aliphatic rings. The Morgan fingerprint density at radius 3 is 2.24 bits per heavy atom. The number of benzene rings is 3. The molecule has 1 saturated heterocycles. The molecule has 0 unspecified atom stereocenters. The van der Waals surface area contributed by atoms with Gasteiger partial charge in [-0.3, -0.25) is 9.69 Å². The van der Waals surface area contributed by atoms with E-state index in [9.17, 15) is 13.2 Å². The van der Waals surface area contributed by atoms with Crippen LogP contribution in [0.15, 0.2) is 77.7 Å². The van der Waals surface area contributed by atoms with Gasteiger partial charge in [0.05, 0.1) is 4.90 Å². The lowest BCUT2D eigenvalue weighted by molar-refractivity contribution is 0.102. The van der Waals surface area contributed by atoms with Crippen LogP contribution in [0, 0.1) is 6.92 Å². The standard InChI is InChI=1S/C25H26ClN3O3S/c1-19-17-22(26)11-12-24(19)27-25(30)21-9-7-20(8-10-21)18-28-13-15-29(16-14-28)33(31,32)23-5-3-2-4-6-23/h2-12,17H,13-16,18H2,1H3,(H,27,30). The number of halogens is 1. The first-order valence-electron chi connectivity index (χ1n) is 10.8. The van der Waals surface area contributed by atoms with E-state index in [0.29, 0.717) is 48.2 Å². The molecule has 0 aliphatic carbocycles. The van der Waals surface area contributed by atoms with Crippen LogP contribution >= 0.6 is 11.6 Å². The maximum Gasteiger partial charge on any atom is 0.255 e. The number of piperazine rings is 1. The number of anilines is 1. The molecule has 0 radical (unpaired) electrons. The largest absolute Gasteiger partial charge is 0.322 e. The fourth-order valence-electron chi connectivity index (χ4n) is 3.85. The van der Waals surface area contributed by atoms with Gasteiger partial charge in [-0.25, -0.2) is 8.42 Å². The van der Waals surface area contributed by atoms with E-state index >= 15 is 0 Å². The highest BCUT2D eigenvalue weighted by Gasteiger charge is 2.28. The van der Waals surface area contributed by atoms with Crippen molar-refractivity contribution in [1.82, 2.24) is 9.21 Å². The van der Waals surface area contributed by atoms with E-state index in [4.69, 9.17) is 11.6 Å². The van der Waals surface area contributed by atoms with Gasteiger partial charge in [-0.1, -0.05) is 41.9 Å². The van der Waals surface area contributed by atoms with Crippen molar-refractivity contribution < 1.29 is 13.2 Å². The molecule has 4 rings (SSSR count). The Morgan fingerprint density at radius 2 is 1.61 bits per heavy atom.